The Morgan fingerprint density at radius 2 is 2.16 bits per heavy atom. The number of rotatable bonds is 8. The lowest BCUT2D eigenvalue weighted by Gasteiger charge is -2.41. The van der Waals surface area contributed by atoms with Crippen molar-refractivity contribution < 1.29 is 17.9 Å². The summed E-state index contributed by atoms with van der Waals surface area (Å²) in [6.07, 6.45) is 4.56. The van der Waals surface area contributed by atoms with Gasteiger partial charge in [0.25, 0.3) is 10.0 Å². The molecule has 8 heteroatoms. The molecule has 0 radical (unpaired) electrons. The third-order valence-electron chi connectivity index (χ3n) is 4.03. The second kappa shape index (κ2) is 8.44. The minimum Gasteiger partial charge on any atom is -0.463 e. The second-order valence-electron chi connectivity index (χ2n) is 5.73. The van der Waals surface area contributed by atoms with Gasteiger partial charge in [-0.25, -0.2) is 18.2 Å². The number of fused-ring (bicyclic) bond motifs is 1. The van der Waals surface area contributed by atoms with E-state index in [1.54, 1.807) is 17.0 Å². The lowest BCUT2D eigenvalue weighted by Crippen LogP contribution is -2.59. The van der Waals surface area contributed by atoms with E-state index in [1.807, 2.05) is 6.92 Å². The smallest absolute Gasteiger partial charge is 0.345 e. The average Bonchev–Trinajstić information content (AvgIpc) is 2.61. The number of hydrogen-bond acceptors (Lipinski definition) is 6. The number of esters is 1. The van der Waals surface area contributed by atoms with Gasteiger partial charge in [-0.15, -0.1) is 6.58 Å². The Morgan fingerprint density at radius 3 is 2.80 bits per heavy atom. The lowest BCUT2D eigenvalue weighted by atomic mass is 10.2. The number of nitrogens with zero attached hydrogens (tertiary/aromatic N) is 3. The van der Waals surface area contributed by atoms with Gasteiger partial charge in [-0.05, 0) is 25.5 Å². The van der Waals surface area contributed by atoms with Crippen LogP contribution in [0.4, 0.5) is 5.69 Å². The van der Waals surface area contributed by atoms with Crippen LogP contribution in [0.3, 0.4) is 0 Å². The van der Waals surface area contributed by atoms with Gasteiger partial charge in [-0.3, -0.25) is 0 Å². The normalized spacial score (nSPS) is 19.3. The van der Waals surface area contributed by atoms with Crippen LogP contribution in [-0.4, -0.2) is 49.5 Å². The molecule has 1 aromatic rings. The minimum atomic E-state index is -3.91. The summed E-state index contributed by atoms with van der Waals surface area (Å²) in [5.74, 6) is -0.571. The molecule has 0 spiro atoms. The lowest BCUT2D eigenvalue weighted by molar-refractivity contribution is -0.148. The molecule has 2 heterocycles. The summed E-state index contributed by atoms with van der Waals surface area (Å²) in [5, 5.41) is -0.0475. The van der Waals surface area contributed by atoms with E-state index in [9.17, 15) is 13.2 Å². The molecule has 1 atom stereocenters. The fraction of sp³-hybridized carbons (Fsp3) is 0.529. The molecule has 0 aromatic carbocycles. The number of hydrogen-bond donors (Lipinski definition) is 0. The predicted molar refractivity (Wildman–Crippen MR) is 95.6 cm³/mol. The SMILES string of the molecule is C=CCN1C(C(=O)OCCCCC)N(CC)c2cccnc2S1(=O)=O. The zero-order valence-electron chi connectivity index (χ0n) is 14.7. The fourth-order valence-corrected chi connectivity index (χ4v) is 4.47. The number of carbonyl (C=O) groups is 1. The molecule has 0 fully saturated rings. The Kier molecular flexibility index (Phi) is 6.55. The maximum atomic E-state index is 12.9. The summed E-state index contributed by atoms with van der Waals surface area (Å²) in [5.41, 5.74) is 0.417. The van der Waals surface area contributed by atoms with E-state index < -0.39 is 22.2 Å². The fourth-order valence-electron chi connectivity index (χ4n) is 2.84. The average molecular weight is 367 g/mol. The molecule has 0 bridgehead atoms. The molecule has 1 aliphatic heterocycles. The molecule has 0 saturated heterocycles. The summed E-state index contributed by atoms with van der Waals surface area (Å²) >= 11 is 0. The summed E-state index contributed by atoms with van der Waals surface area (Å²) in [7, 11) is -3.91. The molecule has 0 N–H and O–H groups in total. The quantitative estimate of drug-likeness (QED) is 0.398. The number of anilines is 1. The van der Waals surface area contributed by atoms with Crippen molar-refractivity contribution in [3.63, 3.8) is 0 Å². The maximum absolute atomic E-state index is 12.9. The number of likely N-dealkylation sites (N-methyl/N-ethyl adjacent to an activating group) is 1. The van der Waals surface area contributed by atoms with E-state index in [4.69, 9.17) is 4.74 Å². The Bertz CT molecular complexity index is 720. The Hall–Kier alpha value is -1.93. The van der Waals surface area contributed by atoms with Crippen molar-refractivity contribution >= 4 is 21.7 Å². The first-order valence-corrected chi connectivity index (χ1v) is 9.94. The topological polar surface area (TPSA) is 79.8 Å². The molecule has 1 aromatic heterocycles. The van der Waals surface area contributed by atoms with E-state index in [2.05, 4.69) is 18.5 Å². The largest absolute Gasteiger partial charge is 0.463 e. The third-order valence-corrected chi connectivity index (χ3v) is 5.80. The molecule has 2 rings (SSSR count). The van der Waals surface area contributed by atoms with E-state index in [0.717, 1.165) is 23.6 Å². The van der Waals surface area contributed by atoms with Gasteiger partial charge in [0.1, 0.15) is 0 Å². The molecule has 25 heavy (non-hydrogen) atoms. The van der Waals surface area contributed by atoms with Crippen molar-refractivity contribution in [1.82, 2.24) is 9.29 Å². The van der Waals surface area contributed by atoms with Gasteiger partial charge < -0.3 is 9.64 Å². The number of sulfonamides is 1. The summed E-state index contributed by atoms with van der Waals surface area (Å²) in [4.78, 5) is 18.4. The summed E-state index contributed by atoms with van der Waals surface area (Å²) < 4.78 is 32.3. The van der Waals surface area contributed by atoms with E-state index in [1.165, 1.54) is 12.3 Å². The van der Waals surface area contributed by atoms with Crippen molar-refractivity contribution in [2.45, 2.75) is 44.3 Å². The highest BCUT2D eigenvalue weighted by Crippen LogP contribution is 2.35. The van der Waals surface area contributed by atoms with Gasteiger partial charge >= 0.3 is 5.97 Å². The molecular weight excluding hydrogens is 342 g/mol. The zero-order valence-corrected chi connectivity index (χ0v) is 15.5. The van der Waals surface area contributed by atoms with Crippen LogP contribution in [0.5, 0.6) is 0 Å². The van der Waals surface area contributed by atoms with Crippen LogP contribution in [0.1, 0.15) is 33.1 Å². The van der Waals surface area contributed by atoms with Crippen molar-refractivity contribution in [3.8, 4) is 0 Å². The molecule has 7 nitrogen and oxygen atoms in total. The van der Waals surface area contributed by atoms with Gasteiger partial charge in [0.05, 0.1) is 12.3 Å². The molecular formula is C17H25N3O4S. The number of carbonyl (C=O) groups excluding carboxylic acids is 1. The van der Waals surface area contributed by atoms with Crippen LogP contribution in [0, 0.1) is 0 Å². The van der Waals surface area contributed by atoms with Crippen molar-refractivity contribution in [2.24, 2.45) is 0 Å². The molecule has 1 aliphatic rings. The van der Waals surface area contributed by atoms with Crippen LogP contribution in [-0.2, 0) is 19.6 Å². The highest BCUT2D eigenvalue weighted by atomic mass is 32.2. The van der Waals surface area contributed by atoms with Crippen molar-refractivity contribution in [3.05, 3.63) is 31.0 Å². The van der Waals surface area contributed by atoms with Crippen molar-refractivity contribution in [2.75, 3.05) is 24.6 Å². The summed E-state index contributed by atoms with van der Waals surface area (Å²) in [6.45, 7) is 8.25. The standard InChI is InChI=1S/C17H25N3O4S/c1-4-7-8-13-24-17(21)16-19(6-3)14-10-9-11-18-15(14)25(22,23)20(16)12-5-2/h5,9-11,16H,2,4,6-8,12-13H2,1,3H3. The maximum Gasteiger partial charge on any atom is 0.345 e. The van der Waals surface area contributed by atoms with Gasteiger partial charge in [0, 0.05) is 19.3 Å². The molecule has 138 valence electrons. The Balaban J connectivity index is 2.41. The summed E-state index contributed by atoms with van der Waals surface area (Å²) in [6, 6.07) is 3.32. The van der Waals surface area contributed by atoms with Gasteiger partial charge in [0.2, 0.25) is 0 Å². The second-order valence-corrected chi connectivity index (χ2v) is 7.53. The number of unbranched alkanes of at least 4 members (excludes halogenated alkanes) is 2. The van der Waals surface area contributed by atoms with Crippen LogP contribution >= 0.6 is 0 Å². The Morgan fingerprint density at radius 1 is 1.40 bits per heavy atom. The number of ether oxygens (including phenoxy) is 1. The monoisotopic (exact) mass is 367 g/mol. The molecule has 0 saturated carbocycles. The first kappa shape index (κ1) is 19.4. The highest BCUT2D eigenvalue weighted by molar-refractivity contribution is 7.89. The first-order chi connectivity index (χ1) is 12.0. The molecule has 1 unspecified atom stereocenters. The minimum absolute atomic E-state index is 0.00355. The van der Waals surface area contributed by atoms with E-state index in [-0.39, 0.29) is 18.2 Å². The van der Waals surface area contributed by atoms with Crippen molar-refractivity contribution in [1.29, 1.82) is 0 Å². The predicted octanol–water partition coefficient (Wildman–Crippen LogP) is 2.16. The van der Waals surface area contributed by atoms with Gasteiger partial charge in [-0.1, -0.05) is 25.8 Å². The van der Waals surface area contributed by atoms with Crippen LogP contribution in [0.15, 0.2) is 36.0 Å². The Labute approximate surface area is 149 Å². The number of pyridine rings is 1. The third kappa shape index (κ3) is 3.85. The van der Waals surface area contributed by atoms with Crippen LogP contribution in [0.2, 0.25) is 0 Å². The van der Waals surface area contributed by atoms with Gasteiger partial charge in [0.15, 0.2) is 11.2 Å². The van der Waals surface area contributed by atoms with E-state index >= 15 is 0 Å². The zero-order chi connectivity index (χ0) is 18.4. The van der Waals surface area contributed by atoms with Gasteiger partial charge in [-0.2, -0.15) is 4.31 Å². The molecule has 0 aliphatic carbocycles. The highest BCUT2D eigenvalue weighted by Gasteiger charge is 2.46. The number of aromatic nitrogens is 1. The molecule has 0 amide bonds. The van der Waals surface area contributed by atoms with Crippen LogP contribution in [0.25, 0.3) is 0 Å². The first-order valence-electron chi connectivity index (χ1n) is 8.50. The van der Waals surface area contributed by atoms with E-state index in [0.29, 0.717) is 12.2 Å². The van der Waals surface area contributed by atoms with Crippen LogP contribution < -0.4 is 4.90 Å².